The second-order valence-corrected chi connectivity index (χ2v) is 7.09. The van der Waals surface area contributed by atoms with E-state index >= 15 is 0 Å². The maximum atomic E-state index is 11.9. The van der Waals surface area contributed by atoms with Gasteiger partial charge in [0, 0.05) is 24.5 Å². The van der Waals surface area contributed by atoms with Crippen LogP contribution in [-0.2, 0) is 4.79 Å². The Morgan fingerprint density at radius 2 is 1.78 bits per heavy atom. The topological polar surface area (TPSA) is 56.7 Å². The molecule has 5 nitrogen and oxygen atoms in total. The number of nitrogens with one attached hydrogen (secondary N) is 2. The number of piperidine rings is 1. The monoisotopic (exact) mass is 364 g/mol. The Balaban J connectivity index is 1.45. The molecule has 1 amide bonds. The van der Waals surface area contributed by atoms with E-state index in [4.69, 9.17) is 0 Å². The van der Waals surface area contributed by atoms with Crippen LogP contribution >= 0.6 is 0 Å². The molecule has 1 fully saturated rings. The van der Waals surface area contributed by atoms with Crippen LogP contribution in [0.15, 0.2) is 47.6 Å². The highest BCUT2D eigenvalue weighted by molar-refractivity contribution is 5.84. The Bertz CT molecular complexity index is 792. The molecule has 0 saturated carbocycles. The molecule has 0 aromatic heterocycles. The van der Waals surface area contributed by atoms with E-state index in [0.29, 0.717) is 0 Å². The lowest BCUT2D eigenvalue weighted by Crippen LogP contribution is -2.29. The van der Waals surface area contributed by atoms with Crippen LogP contribution in [0, 0.1) is 13.8 Å². The number of hydrogen-bond acceptors (Lipinski definition) is 4. The Morgan fingerprint density at radius 1 is 1.04 bits per heavy atom. The average Bonchev–Trinajstić information content (AvgIpc) is 2.70. The molecular weight excluding hydrogens is 336 g/mol. The van der Waals surface area contributed by atoms with Gasteiger partial charge in [-0.25, -0.2) is 5.43 Å². The van der Waals surface area contributed by atoms with Crippen molar-refractivity contribution in [1.82, 2.24) is 5.43 Å². The summed E-state index contributed by atoms with van der Waals surface area (Å²) in [6, 6.07) is 14.4. The summed E-state index contributed by atoms with van der Waals surface area (Å²) >= 11 is 0. The fraction of sp³-hybridized carbons (Fsp3) is 0.364. The number of carbonyl (C=O) groups excluding carboxylic acids is 1. The van der Waals surface area contributed by atoms with Crippen molar-refractivity contribution in [1.29, 1.82) is 0 Å². The van der Waals surface area contributed by atoms with Crippen molar-refractivity contribution in [2.45, 2.75) is 33.1 Å². The molecule has 142 valence electrons. The first kappa shape index (κ1) is 19.0. The molecule has 1 aliphatic heterocycles. The first-order valence-corrected chi connectivity index (χ1v) is 9.60. The molecule has 0 spiro atoms. The Hall–Kier alpha value is -2.82. The number of anilines is 2. The van der Waals surface area contributed by atoms with Crippen LogP contribution in [0.1, 0.15) is 36.0 Å². The minimum absolute atomic E-state index is 0.172. The molecular formula is C22H28N4O. The van der Waals surface area contributed by atoms with Gasteiger partial charge in [-0.05, 0) is 74.1 Å². The van der Waals surface area contributed by atoms with Gasteiger partial charge in [0.15, 0.2) is 0 Å². The van der Waals surface area contributed by atoms with E-state index in [0.717, 1.165) is 24.3 Å². The Kier molecular flexibility index (Phi) is 6.47. The number of benzene rings is 2. The lowest BCUT2D eigenvalue weighted by atomic mass is 10.1. The molecule has 1 saturated heterocycles. The van der Waals surface area contributed by atoms with Crippen LogP contribution < -0.4 is 15.6 Å². The molecule has 0 unspecified atom stereocenters. The van der Waals surface area contributed by atoms with Crippen molar-refractivity contribution < 1.29 is 4.79 Å². The van der Waals surface area contributed by atoms with Crippen LogP contribution in [0.4, 0.5) is 11.4 Å². The zero-order valence-corrected chi connectivity index (χ0v) is 16.2. The van der Waals surface area contributed by atoms with Gasteiger partial charge in [-0.2, -0.15) is 5.10 Å². The van der Waals surface area contributed by atoms with Gasteiger partial charge in [0.05, 0.1) is 12.8 Å². The number of hydrogen-bond donors (Lipinski definition) is 2. The largest absolute Gasteiger partial charge is 0.376 e. The molecule has 2 aromatic rings. The minimum atomic E-state index is -0.172. The summed E-state index contributed by atoms with van der Waals surface area (Å²) in [6.45, 7) is 6.59. The fourth-order valence-electron chi connectivity index (χ4n) is 3.18. The van der Waals surface area contributed by atoms with Gasteiger partial charge in [-0.15, -0.1) is 0 Å². The smallest absolute Gasteiger partial charge is 0.259 e. The zero-order chi connectivity index (χ0) is 19.1. The van der Waals surface area contributed by atoms with E-state index in [1.54, 1.807) is 6.21 Å². The molecule has 27 heavy (non-hydrogen) atoms. The number of carbonyl (C=O) groups is 1. The molecule has 1 aliphatic rings. The number of rotatable bonds is 6. The average molecular weight is 364 g/mol. The number of hydrazone groups is 1. The van der Waals surface area contributed by atoms with Crippen molar-refractivity contribution in [2.24, 2.45) is 5.10 Å². The van der Waals surface area contributed by atoms with E-state index in [1.165, 1.54) is 36.1 Å². The third-order valence-electron chi connectivity index (χ3n) is 4.98. The molecule has 1 heterocycles. The molecule has 0 bridgehead atoms. The summed E-state index contributed by atoms with van der Waals surface area (Å²) in [4.78, 5) is 14.3. The van der Waals surface area contributed by atoms with Crippen LogP contribution in [-0.4, -0.2) is 31.8 Å². The molecule has 0 radical (unpaired) electrons. The quantitative estimate of drug-likeness (QED) is 0.604. The highest BCUT2D eigenvalue weighted by Gasteiger charge is 2.10. The third kappa shape index (κ3) is 5.58. The van der Waals surface area contributed by atoms with Gasteiger partial charge in [0.25, 0.3) is 5.91 Å². The van der Waals surface area contributed by atoms with Crippen molar-refractivity contribution in [3.8, 4) is 0 Å². The molecule has 2 aromatic carbocycles. The van der Waals surface area contributed by atoms with E-state index < -0.39 is 0 Å². The maximum absolute atomic E-state index is 11.9. The van der Waals surface area contributed by atoms with Crippen molar-refractivity contribution in [3.63, 3.8) is 0 Å². The molecule has 3 rings (SSSR count). The van der Waals surface area contributed by atoms with E-state index in [9.17, 15) is 4.79 Å². The Labute approximate surface area is 161 Å². The second-order valence-electron chi connectivity index (χ2n) is 7.09. The van der Waals surface area contributed by atoms with Crippen LogP contribution in [0.5, 0.6) is 0 Å². The van der Waals surface area contributed by atoms with Crippen LogP contribution in [0.25, 0.3) is 0 Å². The number of aryl methyl sites for hydroxylation is 2. The maximum Gasteiger partial charge on any atom is 0.259 e. The number of amides is 1. The molecule has 5 heteroatoms. The first-order valence-electron chi connectivity index (χ1n) is 9.60. The lowest BCUT2D eigenvalue weighted by Gasteiger charge is -2.28. The minimum Gasteiger partial charge on any atom is -0.376 e. The highest BCUT2D eigenvalue weighted by Crippen LogP contribution is 2.19. The van der Waals surface area contributed by atoms with Gasteiger partial charge >= 0.3 is 0 Å². The van der Waals surface area contributed by atoms with Crippen LogP contribution in [0.2, 0.25) is 0 Å². The molecule has 0 atom stereocenters. The second kappa shape index (κ2) is 9.21. The Morgan fingerprint density at radius 3 is 2.48 bits per heavy atom. The van der Waals surface area contributed by atoms with Gasteiger partial charge in [-0.3, -0.25) is 4.79 Å². The summed E-state index contributed by atoms with van der Waals surface area (Å²) in [7, 11) is 0. The summed E-state index contributed by atoms with van der Waals surface area (Å²) < 4.78 is 0. The van der Waals surface area contributed by atoms with Crippen molar-refractivity contribution in [3.05, 3.63) is 59.2 Å². The third-order valence-corrected chi connectivity index (χ3v) is 4.98. The van der Waals surface area contributed by atoms with Gasteiger partial charge in [0.1, 0.15) is 0 Å². The van der Waals surface area contributed by atoms with Crippen molar-refractivity contribution in [2.75, 3.05) is 29.9 Å². The zero-order valence-electron chi connectivity index (χ0n) is 16.2. The van der Waals surface area contributed by atoms with Gasteiger partial charge in [-0.1, -0.05) is 18.2 Å². The highest BCUT2D eigenvalue weighted by atomic mass is 16.2. The summed E-state index contributed by atoms with van der Waals surface area (Å²) in [5.41, 5.74) is 8.16. The molecule has 0 aliphatic carbocycles. The number of nitrogens with zero attached hydrogens (tertiary/aromatic N) is 2. The summed E-state index contributed by atoms with van der Waals surface area (Å²) in [5.74, 6) is -0.172. The first-order chi connectivity index (χ1) is 13.1. The lowest BCUT2D eigenvalue weighted by molar-refractivity contribution is -0.119. The predicted octanol–water partition coefficient (Wildman–Crippen LogP) is 3.86. The standard InChI is InChI=1S/C22H28N4O/c1-17-6-9-20(14-18(17)2)23-16-22(27)25-24-15-19-7-10-21(11-8-19)26-12-4-3-5-13-26/h6-11,14-15,23H,3-5,12-13,16H2,1-2H3,(H,25,27)/b24-15-. The summed E-state index contributed by atoms with van der Waals surface area (Å²) in [6.07, 6.45) is 5.55. The normalized spacial score (nSPS) is 14.4. The van der Waals surface area contributed by atoms with Gasteiger partial charge < -0.3 is 10.2 Å². The van der Waals surface area contributed by atoms with E-state index in [1.807, 2.05) is 30.3 Å². The molecule has 2 N–H and O–H groups in total. The fourth-order valence-corrected chi connectivity index (χ4v) is 3.18. The van der Waals surface area contributed by atoms with E-state index in [-0.39, 0.29) is 12.5 Å². The van der Waals surface area contributed by atoms with Gasteiger partial charge in [0.2, 0.25) is 0 Å². The SMILES string of the molecule is Cc1ccc(NCC(=O)N/N=C\c2ccc(N3CCCCC3)cc2)cc1C. The predicted molar refractivity (Wildman–Crippen MR) is 113 cm³/mol. The van der Waals surface area contributed by atoms with E-state index in [2.05, 4.69) is 46.7 Å². The van der Waals surface area contributed by atoms with Crippen molar-refractivity contribution >= 4 is 23.5 Å². The summed E-state index contributed by atoms with van der Waals surface area (Å²) in [5, 5.41) is 7.16. The van der Waals surface area contributed by atoms with Crippen LogP contribution in [0.3, 0.4) is 0 Å².